The summed E-state index contributed by atoms with van der Waals surface area (Å²) in [5.41, 5.74) is 0.377. The summed E-state index contributed by atoms with van der Waals surface area (Å²) in [7, 11) is -2.30. The third-order valence-corrected chi connectivity index (χ3v) is 6.07. The monoisotopic (exact) mass is 311 g/mol. The Balaban J connectivity index is 2.45. The van der Waals surface area contributed by atoms with Gasteiger partial charge < -0.3 is 4.74 Å². The van der Waals surface area contributed by atoms with Crippen molar-refractivity contribution >= 4 is 9.84 Å². The number of hydrogen-bond donors (Lipinski definition) is 0. The molecule has 0 unspecified atom stereocenters. The minimum Gasteiger partial charge on any atom is -0.384 e. The van der Waals surface area contributed by atoms with Gasteiger partial charge in [-0.05, 0) is 12.1 Å². The highest BCUT2D eigenvalue weighted by atomic mass is 32.2. The lowest BCUT2D eigenvalue weighted by molar-refractivity contribution is -0.528. The van der Waals surface area contributed by atoms with Crippen molar-refractivity contribution in [2.75, 3.05) is 13.7 Å². The van der Waals surface area contributed by atoms with Gasteiger partial charge >= 0.3 is 0 Å². The maximum Gasteiger partial charge on any atom is 0.223 e. The second-order valence-electron chi connectivity index (χ2n) is 5.11. The molecule has 0 bridgehead atoms. The first kappa shape index (κ1) is 15.7. The number of benzene rings is 1. The van der Waals surface area contributed by atoms with E-state index >= 15 is 0 Å². The van der Waals surface area contributed by atoms with Crippen molar-refractivity contribution in [1.82, 2.24) is 0 Å². The van der Waals surface area contributed by atoms with Gasteiger partial charge in [0.25, 0.3) is 0 Å². The van der Waals surface area contributed by atoms with E-state index in [0.717, 1.165) is 0 Å². The molecule has 7 heteroatoms. The number of hydrogen-bond acceptors (Lipinski definition) is 5. The highest BCUT2D eigenvalue weighted by molar-refractivity contribution is 7.92. The third kappa shape index (κ3) is 2.84. The van der Waals surface area contributed by atoms with Crippen molar-refractivity contribution in [1.29, 1.82) is 0 Å². The highest BCUT2D eigenvalue weighted by Gasteiger charge is 2.52. The molecule has 0 aliphatic heterocycles. The molecule has 2 rings (SSSR count). The van der Waals surface area contributed by atoms with E-state index in [1.165, 1.54) is 19.2 Å². The van der Waals surface area contributed by atoms with Gasteiger partial charge in [0.2, 0.25) is 6.04 Å². The van der Waals surface area contributed by atoms with Crippen molar-refractivity contribution in [2.24, 2.45) is 5.92 Å². The fraction of sp³-hybridized carbons (Fsp3) is 0.429. The van der Waals surface area contributed by atoms with E-state index in [-0.39, 0.29) is 17.9 Å². The van der Waals surface area contributed by atoms with Gasteiger partial charge in [0.05, 0.1) is 22.7 Å². The summed E-state index contributed by atoms with van der Waals surface area (Å²) < 4.78 is 30.5. The number of rotatable bonds is 5. The summed E-state index contributed by atoms with van der Waals surface area (Å²) >= 11 is 0. The van der Waals surface area contributed by atoms with Crippen LogP contribution < -0.4 is 0 Å². The lowest BCUT2D eigenvalue weighted by Crippen LogP contribution is -2.37. The molecule has 1 fully saturated rings. The molecule has 3 atom stereocenters. The van der Waals surface area contributed by atoms with Crippen LogP contribution in [0, 0.1) is 16.0 Å². The Labute approximate surface area is 123 Å². The van der Waals surface area contributed by atoms with Crippen molar-refractivity contribution in [3.63, 3.8) is 0 Å². The molecule has 0 radical (unpaired) electrons. The summed E-state index contributed by atoms with van der Waals surface area (Å²) in [5.74, 6) is -0.720. The van der Waals surface area contributed by atoms with E-state index in [9.17, 15) is 18.5 Å². The normalized spacial score (nSPS) is 26.0. The van der Waals surface area contributed by atoms with Gasteiger partial charge in [-0.15, -0.1) is 0 Å². The van der Waals surface area contributed by atoms with E-state index in [4.69, 9.17) is 4.74 Å². The van der Waals surface area contributed by atoms with E-state index in [1.54, 1.807) is 18.2 Å². The molecule has 21 heavy (non-hydrogen) atoms. The topological polar surface area (TPSA) is 86.5 Å². The van der Waals surface area contributed by atoms with Crippen LogP contribution in [-0.2, 0) is 14.6 Å². The quantitative estimate of drug-likeness (QED) is 0.469. The van der Waals surface area contributed by atoms with Crippen LogP contribution in [0.1, 0.15) is 6.42 Å². The largest absolute Gasteiger partial charge is 0.384 e. The Morgan fingerprint density at radius 1 is 1.38 bits per heavy atom. The third-order valence-electron chi connectivity index (χ3n) is 3.79. The van der Waals surface area contributed by atoms with Gasteiger partial charge in [-0.25, -0.2) is 8.42 Å². The SMILES string of the molecule is C=C1C[C@@H]([N+](=O)[O-])[C@H](COC)[C@H]1S(=O)(=O)c1ccccc1. The summed E-state index contributed by atoms with van der Waals surface area (Å²) in [6.07, 6.45) is 0.0672. The molecule has 1 aromatic rings. The fourth-order valence-electron chi connectivity index (χ4n) is 2.87. The molecular weight excluding hydrogens is 294 g/mol. The maximum absolute atomic E-state index is 12.8. The molecule has 1 saturated carbocycles. The molecule has 1 aliphatic carbocycles. The lowest BCUT2D eigenvalue weighted by Gasteiger charge is -2.20. The predicted octanol–water partition coefficient (Wildman–Crippen LogP) is 1.70. The molecule has 0 saturated heterocycles. The van der Waals surface area contributed by atoms with Crippen molar-refractivity contribution in [2.45, 2.75) is 22.6 Å². The van der Waals surface area contributed by atoms with Crippen LogP contribution in [0.5, 0.6) is 0 Å². The fourth-order valence-corrected chi connectivity index (χ4v) is 4.95. The molecule has 6 nitrogen and oxygen atoms in total. The molecule has 1 aliphatic rings. The van der Waals surface area contributed by atoms with Crippen molar-refractivity contribution in [3.05, 3.63) is 52.6 Å². The van der Waals surface area contributed by atoms with Crippen molar-refractivity contribution in [3.8, 4) is 0 Å². The molecule has 0 spiro atoms. The van der Waals surface area contributed by atoms with Gasteiger partial charge in [0.15, 0.2) is 9.84 Å². The van der Waals surface area contributed by atoms with Crippen LogP contribution in [-0.4, -0.2) is 38.3 Å². The molecule has 0 amide bonds. The second kappa shape index (κ2) is 5.95. The van der Waals surface area contributed by atoms with E-state index in [2.05, 4.69) is 6.58 Å². The Bertz CT molecular complexity index is 641. The molecule has 0 N–H and O–H groups in total. The maximum atomic E-state index is 12.8. The zero-order valence-electron chi connectivity index (χ0n) is 11.6. The summed E-state index contributed by atoms with van der Waals surface area (Å²) in [6.45, 7) is 3.77. The second-order valence-corrected chi connectivity index (χ2v) is 7.18. The number of nitrogens with zero attached hydrogens (tertiary/aromatic N) is 1. The number of nitro groups is 1. The van der Waals surface area contributed by atoms with Crippen LogP contribution in [0.2, 0.25) is 0 Å². The van der Waals surface area contributed by atoms with Gasteiger partial charge in [0.1, 0.15) is 0 Å². The minimum absolute atomic E-state index is 0.0153. The first-order valence-corrected chi connectivity index (χ1v) is 8.03. The Hall–Kier alpha value is -1.73. The molecule has 0 aromatic heterocycles. The van der Waals surface area contributed by atoms with E-state index in [1.807, 2.05) is 0 Å². The van der Waals surface area contributed by atoms with Gasteiger partial charge in [-0.3, -0.25) is 10.1 Å². The summed E-state index contributed by atoms with van der Waals surface area (Å²) in [4.78, 5) is 10.9. The molecule has 0 heterocycles. The van der Waals surface area contributed by atoms with E-state index in [0.29, 0.717) is 5.57 Å². The molecule has 1 aromatic carbocycles. The lowest BCUT2D eigenvalue weighted by atomic mass is 10.1. The van der Waals surface area contributed by atoms with Crippen LogP contribution in [0.4, 0.5) is 0 Å². The van der Waals surface area contributed by atoms with Gasteiger partial charge in [-0.1, -0.05) is 30.4 Å². The average molecular weight is 311 g/mol. The number of sulfone groups is 1. The van der Waals surface area contributed by atoms with Crippen LogP contribution in [0.15, 0.2) is 47.4 Å². The van der Waals surface area contributed by atoms with Gasteiger partial charge in [-0.2, -0.15) is 0 Å². The number of ether oxygens (including phenoxy) is 1. The Morgan fingerprint density at radius 2 is 2.00 bits per heavy atom. The van der Waals surface area contributed by atoms with E-state index < -0.39 is 32.0 Å². The molecule has 114 valence electrons. The Kier molecular flexibility index (Phi) is 4.43. The first-order chi connectivity index (χ1) is 9.89. The van der Waals surface area contributed by atoms with Crippen LogP contribution in [0.25, 0.3) is 0 Å². The molecular formula is C14H17NO5S. The minimum atomic E-state index is -3.71. The highest BCUT2D eigenvalue weighted by Crippen LogP contribution is 2.39. The zero-order valence-corrected chi connectivity index (χ0v) is 12.5. The standard InChI is InChI=1S/C14H17NO5S/c1-10-8-13(15(16)17)12(9-20-2)14(10)21(18,19)11-6-4-3-5-7-11/h3-7,12-14H,1,8-9H2,2H3/t12-,13+,14-/m0/s1. The smallest absolute Gasteiger partial charge is 0.223 e. The summed E-state index contributed by atoms with van der Waals surface area (Å²) in [6, 6.07) is 6.98. The summed E-state index contributed by atoms with van der Waals surface area (Å²) in [5, 5.41) is 10.2. The average Bonchev–Trinajstić information content (AvgIpc) is 2.78. The zero-order chi connectivity index (χ0) is 15.6. The predicted molar refractivity (Wildman–Crippen MR) is 77.3 cm³/mol. The number of methoxy groups -OCH3 is 1. The van der Waals surface area contributed by atoms with Crippen molar-refractivity contribution < 1.29 is 18.1 Å². The van der Waals surface area contributed by atoms with Crippen LogP contribution in [0.3, 0.4) is 0 Å². The van der Waals surface area contributed by atoms with Crippen LogP contribution >= 0.6 is 0 Å². The van der Waals surface area contributed by atoms with Gasteiger partial charge in [0, 0.05) is 18.5 Å². The Morgan fingerprint density at radius 3 is 2.52 bits per heavy atom. The first-order valence-electron chi connectivity index (χ1n) is 6.48.